The molecule has 8 heteroatoms. The zero-order valence-corrected chi connectivity index (χ0v) is 16.5. The van der Waals surface area contributed by atoms with Gasteiger partial charge in [0.15, 0.2) is 11.2 Å². The topological polar surface area (TPSA) is 71.5 Å². The zero-order valence-electron chi connectivity index (χ0n) is 14.9. The van der Waals surface area contributed by atoms with Crippen LogP contribution in [0.5, 0.6) is 0 Å². The molecule has 0 spiro atoms. The molecule has 1 N–H and O–H groups in total. The van der Waals surface area contributed by atoms with Gasteiger partial charge in [-0.15, -0.1) is 22.7 Å². The Kier molecular flexibility index (Phi) is 6.95. The van der Waals surface area contributed by atoms with Crippen molar-refractivity contribution < 1.29 is 14.3 Å². The number of anilines is 1. The summed E-state index contributed by atoms with van der Waals surface area (Å²) in [5.74, 6) is -0.580. The second-order valence-electron chi connectivity index (χ2n) is 5.84. The Bertz CT molecular complexity index is 724. The molecule has 0 aliphatic carbocycles. The summed E-state index contributed by atoms with van der Waals surface area (Å²) in [6, 6.07) is 4.16. The molecule has 2 aromatic rings. The zero-order chi connectivity index (χ0) is 18.4. The van der Waals surface area contributed by atoms with Crippen molar-refractivity contribution in [1.29, 1.82) is 0 Å². The summed E-state index contributed by atoms with van der Waals surface area (Å²) >= 11 is 3.27. The maximum absolute atomic E-state index is 11.8. The summed E-state index contributed by atoms with van der Waals surface area (Å²) in [6.45, 7) is 4.29. The van der Waals surface area contributed by atoms with E-state index in [4.69, 9.17) is 4.74 Å². The number of amides is 1. The normalized spacial score (nSPS) is 11.8. The van der Waals surface area contributed by atoms with E-state index >= 15 is 0 Å². The summed E-state index contributed by atoms with van der Waals surface area (Å²) < 4.78 is 5.12. The first-order valence-electron chi connectivity index (χ1n) is 8.03. The first-order chi connectivity index (χ1) is 11.9. The standard InChI is InChI=1S/C17H23N3O3S2/c1-11-7-8-14(25-11)13-10-24-17(19-13)18-9-5-6-15(21)23-12(2)16(22)20(3)4/h7-8,10,12H,5-6,9H2,1-4H3,(H,18,19). The van der Waals surface area contributed by atoms with Gasteiger partial charge < -0.3 is 15.0 Å². The van der Waals surface area contributed by atoms with Crippen LogP contribution < -0.4 is 5.32 Å². The molecule has 1 atom stereocenters. The largest absolute Gasteiger partial charge is 0.453 e. The highest BCUT2D eigenvalue weighted by molar-refractivity contribution is 7.16. The molecular formula is C17H23N3O3S2. The van der Waals surface area contributed by atoms with Crippen molar-refractivity contribution in [3.8, 4) is 10.6 Å². The first kappa shape index (κ1) is 19.4. The maximum Gasteiger partial charge on any atom is 0.306 e. The number of carbonyl (C=O) groups excluding carboxylic acids is 2. The third-order valence-electron chi connectivity index (χ3n) is 3.43. The minimum atomic E-state index is -0.744. The second kappa shape index (κ2) is 8.96. The minimum Gasteiger partial charge on any atom is -0.453 e. The molecule has 0 radical (unpaired) electrons. The maximum atomic E-state index is 11.8. The highest BCUT2D eigenvalue weighted by atomic mass is 32.1. The summed E-state index contributed by atoms with van der Waals surface area (Å²) in [5, 5.41) is 6.08. The third kappa shape index (κ3) is 5.82. The van der Waals surface area contributed by atoms with Crippen LogP contribution in [-0.2, 0) is 14.3 Å². The fourth-order valence-corrected chi connectivity index (χ4v) is 3.78. The van der Waals surface area contributed by atoms with E-state index in [-0.39, 0.29) is 18.3 Å². The molecule has 0 saturated carbocycles. The Morgan fingerprint density at radius 2 is 2.12 bits per heavy atom. The van der Waals surface area contributed by atoms with Gasteiger partial charge in [0.2, 0.25) is 0 Å². The third-order valence-corrected chi connectivity index (χ3v) is 5.25. The van der Waals surface area contributed by atoms with E-state index in [0.29, 0.717) is 13.0 Å². The van der Waals surface area contributed by atoms with Gasteiger partial charge >= 0.3 is 5.97 Å². The second-order valence-corrected chi connectivity index (χ2v) is 7.99. The number of esters is 1. The van der Waals surface area contributed by atoms with Crippen LogP contribution in [0.15, 0.2) is 17.5 Å². The number of hydrogen-bond acceptors (Lipinski definition) is 7. The predicted octanol–water partition coefficient (Wildman–Crippen LogP) is 3.39. The summed E-state index contributed by atoms with van der Waals surface area (Å²) in [5.41, 5.74) is 0.973. The highest BCUT2D eigenvalue weighted by Gasteiger charge is 2.18. The Balaban J connectivity index is 1.70. The van der Waals surface area contributed by atoms with Crippen LogP contribution in [0, 0.1) is 6.92 Å². The first-order valence-corrected chi connectivity index (χ1v) is 9.73. The van der Waals surface area contributed by atoms with Gasteiger partial charge in [0, 0.05) is 37.3 Å². The van der Waals surface area contributed by atoms with Crippen molar-refractivity contribution in [1.82, 2.24) is 9.88 Å². The molecule has 0 aliphatic rings. The molecule has 136 valence electrons. The Morgan fingerprint density at radius 1 is 1.36 bits per heavy atom. The number of hydrogen-bond donors (Lipinski definition) is 1. The number of nitrogens with zero attached hydrogens (tertiary/aromatic N) is 2. The predicted molar refractivity (Wildman–Crippen MR) is 102 cm³/mol. The van der Waals surface area contributed by atoms with Gasteiger partial charge in [-0.3, -0.25) is 9.59 Å². The van der Waals surface area contributed by atoms with E-state index in [0.717, 1.165) is 15.7 Å². The fourth-order valence-electron chi connectivity index (χ4n) is 2.14. The van der Waals surface area contributed by atoms with Gasteiger partial charge in [0.1, 0.15) is 0 Å². The van der Waals surface area contributed by atoms with E-state index in [1.807, 2.05) is 5.38 Å². The summed E-state index contributed by atoms with van der Waals surface area (Å²) in [7, 11) is 3.27. The number of thiophene rings is 1. The van der Waals surface area contributed by atoms with E-state index < -0.39 is 6.10 Å². The molecule has 6 nitrogen and oxygen atoms in total. The average Bonchev–Trinajstić information content (AvgIpc) is 3.19. The van der Waals surface area contributed by atoms with Crippen molar-refractivity contribution in [2.75, 3.05) is 26.0 Å². The van der Waals surface area contributed by atoms with E-state index in [1.54, 1.807) is 43.7 Å². The van der Waals surface area contributed by atoms with Crippen molar-refractivity contribution in [3.63, 3.8) is 0 Å². The summed E-state index contributed by atoms with van der Waals surface area (Å²) in [4.78, 5) is 31.8. The Hall–Kier alpha value is -1.93. The number of nitrogens with one attached hydrogen (secondary N) is 1. The van der Waals surface area contributed by atoms with Crippen LogP contribution in [-0.4, -0.2) is 48.5 Å². The molecule has 1 amide bonds. The van der Waals surface area contributed by atoms with Crippen molar-refractivity contribution in [2.24, 2.45) is 0 Å². The highest BCUT2D eigenvalue weighted by Crippen LogP contribution is 2.30. The van der Waals surface area contributed by atoms with Gasteiger partial charge in [-0.05, 0) is 32.4 Å². The quantitative estimate of drug-likeness (QED) is 0.560. The lowest BCUT2D eigenvalue weighted by atomic mass is 10.3. The molecule has 2 heterocycles. The molecule has 0 saturated heterocycles. The molecular weight excluding hydrogens is 358 g/mol. The van der Waals surface area contributed by atoms with Crippen molar-refractivity contribution >= 4 is 39.7 Å². The van der Waals surface area contributed by atoms with E-state index in [1.165, 1.54) is 9.78 Å². The van der Waals surface area contributed by atoms with Crippen LogP contribution in [0.3, 0.4) is 0 Å². The van der Waals surface area contributed by atoms with Crippen LogP contribution in [0.25, 0.3) is 10.6 Å². The number of rotatable bonds is 8. The van der Waals surface area contributed by atoms with Crippen LogP contribution in [0.4, 0.5) is 5.13 Å². The van der Waals surface area contributed by atoms with Gasteiger partial charge in [0.25, 0.3) is 5.91 Å². The molecule has 1 unspecified atom stereocenters. The fraction of sp³-hybridized carbons (Fsp3) is 0.471. The minimum absolute atomic E-state index is 0.217. The number of carbonyl (C=O) groups is 2. The van der Waals surface area contributed by atoms with Crippen LogP contribution >= 0.6 is 22.7 Å². The number of aryl methyl sites for hydroxylation is 1. The number of likely N-dealkylation sites (N-methyl/N-ethyl adjacent to an activating group) is 1. The lowest BCUT2D eigenvalue weighted by Gasteiger charge is -2.17. The SMILES string of the molecule is Cc1ccc(-c2csc(NCCCC(=O)OC(C)C(=O)N(C)C)n2)s1. The molecule has 2 aromatic heterocycles. The smallest absolute Gasteiger partial charge is 0.306 e. The molecule has 0 aliphatic heterocycles. The molecule has 0 fully saturated rings. The van der Waals surface area contributed by atoms with Gasteiger partial charge in [-0.2, -0.15) is 0 Å². The van der Waals surface area contributed by atoms with Crippen LogP contribution in [0.2, 0.25) is 0 Å². The van der Waals surface area contributed by atoms with Gasteiger partial charge in [0.05, 0.1) is 10.6 Å². The number of ether oxygens (including phenoxy) is 1. The monoisotopic (exact) mass is 381 g/mol. The Morgan fingerprint density at radius 3 is 2.76 bits per heavy atom. The lowest BCUT2D eigenvalue weighted by Crippen LogP contribution is -2.34. The molecule has 25 heavy (non-hydrogen) atoms. The number of aromatic nitrogens is 1. The van der Waals surface area contributed by atoms with Crippen LogP contribution in [0.1, 0.15) is 24.6 Å². The Labute approximate surface area is 155 Å². The summed E-state index contributed by atoms with van der Waals surface area (Å²) in [6.07, 6.45) is 0.140. The molecule has 2 rings (SSSR count). The molecule has 0 bridgehead atoms. The average molecular weight is 382 g/mol. The number of thiazole rings is 1. The van der Waals surface area contributed by atoms with Crippen molar-refractivity contribution in [2.45, 2.75) is 32.8 Å². The van der Waals surface area contributed by atoms with E-state index in [9.17, 15) is 9.59 Å². The molecule has 0 aromatic carbocycles. The lowest BCUT2D eigenvalue weighted by molar-refractivity contribution is -0.158. The van der Waals surface area contributed by atoms with Gasteiger partial charge in [-0.25, -0.2) is 4.98 Å². The van der Waals surface area contributed by atoms with Crippen molar-refractivity contribution in [3.05, 3.63) is 22.4 Å². The van der Waals surface area contributed by atoms with E-state index in [2.05, 4.69) is 29.4 Å². The van der Waals surface area contributed by atoms with Gasteiger partial charge in [-0.1, -0.05) is 0 Å².